The highest BCUT2D eigenvalue weighted by molar-refractivity contribution is 9.10. The molecule has 0 bridgehead atoms. The Bertz CT molecular complexity index is 2510. The van der Waals surface area contributed by atoms with Crippen molar-refractivity contribution in [3.8, 4) is 11.3 Å². The maximum Gasteiger partial charge on any atom is 0.488 e. The third kappa shape index (κ3) is 13.9. The Hall–Kier alpha value is -6.22. The summed E-state index contributed by atoms with van der Waals surface area (Å²) in [5.74, 6) is -0.103. The van der Waals surface area contributed by atoms with Crippen molar-refractivity contribution < 1.29 is 29.1 Å². The van der Waals surface area contributed by atoms with E-state index >= 15 is 0 Å². The van der Waals surface area contributed by atoms with Gasteiger partial charge in [0.2, 0.25) is 0 Å². The zero-order chi connectivity index (χ0) is 46.8. The summed E-state index contributed by atoms with van der Waals surface area (Å²) in [5.41, 5.74) is 25.9. The molecule has 4 aromatic heterocycles. The number of aromatic nitrogens is 6. The summed E-state index contributed by atoms with van der Waals surface area (Å²) < 4.78 is 11.3. The van der Waals surface area contributed by atoms with Crippen molar-refractivity contribution in [1.29, 1.82) is 0 Å². The van der Waals surface area contributed by atoms with Crippen LogP contribution in [0.1, 0.15) is 56.6 Å². The first kappa shape index (κ1) is 49.2. The van der Waals surface area contributed by atoms with E-state index in [-0.39, 0.29) is 47.4 Å². The molecule has 2 aliphatic rings. The van der Waals surface area contributed by atoms with Crippen LogP contribution in [0.25, 0.3) is 11.3 Å². The molecule has 66 heavy (non-hydrogen) atoms. The standard InChI is InChI=1S/C23H26N6O2.C15H16BrN5O2.C9H13BO2/c24-7-5-16-1-3-17(4-2-16)19-15-27-23(25)22(28-19)21(30)13-18-14-26-8-6-20(18)29-9-11-31-12-10-29;16-13-9-19-15(17)14(20-13)12(22)7-10-8-18-2-1-11(10)21-3-5-23-6-4-21;1-2-3-8-4-6-9(7-5-8)10(11)12/h1-4,6,8,14-15H,5,7,9-13,24H2,(H2,25,27);1-2,8-9H,3-7H2,(H2,17,19);4-7,11-12H,2-3H2,1H3. The predicted molar refractivity (Wildman–Crippen MR) is 260 cm³/mol. The summed E-state index contributed by atoms with van der Waals surface area (Å²) in [7, 11) is -1.35. The Balaban J connectivity index is 0.000000180. The second-order valence-corrected chi connectivity index (χ2v) is 16.2. The lowest BCUT2D eigenvalue weighted by atomic mass is 9.80. The number of ether oxygens (including phenoxy) is 2. The van der Waals surface area contributed by atoms with Crippen molar-refractivity contribution in [2.45, 2.75) is 39.0 Å². The largest absolute Gasteiger partial charge is 0.488 e. The normalized spacial score (nSPS) is 13.5. The summed E-state index contributed by atoms with van der Waals surface area (Å²) in [6, 6.07) is 19.1. The molecule has 0 saturated carbocycles. The number of Topliss-reactive ketones (excluding diaryl/α,β-unsaturated/α-hetero) is 2. The van der Waals surface area contributed by atoms with Gasteiger partial charge in [-0.25, -0.2) is 19.9 Å². The average Bonchev–Trinajstić information content (AvgIpc) is 3.34. The second kappa shape index (κ2) is 24.9. The van der Waals surface area contributed by atoms with E-state index in [9.17, 15) is 9.59 Å². The first-order chi connectivity index (χ1) is 32.0. The number of nitrogens with zero attached hydrogens (tertiary/aromatic N) is 8. The molecule has 2 aliphatic heterocycles. The van der Waals surface area contributed by atoms with Crippen molar-refractivity contribution in [1.82, 2.24) is 29.9 Å². The maximum absolute atomic E-state index is 13.1. The molecule has 8 rings (SSSR count). The molecule has 344 valence electrons. The minimum absolute atomic E-state index is 0.130. The molecule has 2 fully saturated rings. The van der Waals surface area contributed by atoms with Gasteiger partial charge < -0.3 is 46.5 Å². The molecule has 2 aromatic carbocycles. The Labute approximate surface area is 393 Å². The highest BCUT2D eigenvalue weighted by Gasteiger charge is 2.22. The third-order valence-electron chi connectivity index (χ3n) is 10.8. The number of aryl methyl sites for hydroxylation is 1. The molecule has 17 nitrogen and oxygen atoms in total. The van der Waals surface area contributed by atoms with Gasteiger partial charge in [0, 0.05) is 91.9 Å². The molecule has 19 heteroatoms. The quantitative estimate of drug-likeness (QED) is 0.0771. The second-order valence-electron chi connectivity index (χ2n) is 15.4. The van der Waals surface area contributed by atoms with Crippen LogP contribution in [-0.4, -0.2) is 118 Å². The summed E-state index contributed by atoms with van der Waals surface area (Å²) in [6.07, 6.45) is 13.3. The first-order valence-electron chi connectivity index (χ1n) is 21.8. The van der Waals surface area contributed by atoms with Gasteiger partial charge in [0.05, 0.1) is 44.5 Å². The van der Waals surface area contributed by atoms with Crippen LogP contribution in [0.15, 0.2) is 102 Å². The summed E-state index contributed by atoms with van der Waals surface area (Å²) in [4.78, 5) is 55.3. The fourth-order valence-corrected chi connectivity index (χ4v) is 7.61. The van der Waals surface area contributed by atoms with E-state index in [1.54, 1.807) is 43.1 Å². The van der Waals surface area contributed by atoms with E-state index in [1.165, 1.54) is 11.8 Å². The smallest absolute Gasteiger partial charge is 0.423 e. The molecule has 8 N–H and O–H groups in total. The first-order valence-corrected chi connectivity index (χ1v) is 22.6. The monoisotopic (exact) mass is 959 g/mol. The number of nitrogen functional groups attached to an aromatic ring is 2. The van der Waals surface area contributed by atoms with Crippen molar-refractivity contribution >= 4 is 63.1 Å². The lowest BCUT2D eigenvalue weighted by molar-refractivity contribution is 0.0980. The molecule has 6 aromatic rings. The number of rotatable bonds is 14. The van der Waals surface area contributed by atoms with Gasteiger partial charge in [-0.2, -0.15) is 0 Å². The molecular formula is C47H55BBrN11O6. The SMILES string of the molecule is CCCc1ccc(B(O)O)cc1.NCCc1ccc(-c2cnc(N)c(C(=O)Cc3cnccc3N3CCOCC3)n2)cc1.Nc1ncc(Br)nc1C(=O)Cc1cnccc1N1CCOCC1. The van der Waals surface area contributed by atoms with Gasteiger partial charge in [0.15, 0.2) is 23.2 Å². The molecule has 6 heterocycles. The summed E-state index contributed by atoms with van der Waals surface area (Å²) >= 11 is 3.21. The molecule has 0 atom stereocenters. The number of anilines is 4. The summed E-state index contributed by atoms with van der Waals surface area (Å²) in [5, 5.41) is 17.6. The van der Waals surface area contributed by atoms with E-state index in [0.29, 0.717) is 48.7 Å². The van der Waals surface area contributed by atoms with Gasteiger partial charge in [-0.15, -0.1) is 0 Å². The lowest BCUT2D eigenvalue weighted by Gasteiger charge is -2.30. The number of ketones is 2. The number of benzene rings is 2. The van der Waals surface area contributed by atoms with Gasteiger partial charge in [0.1, 0.15) is 16.0 Å². The van der Waals surface area contributed by atoms with Crippen LogP contribution in [0, 0.1) is 0 Å². The Kier molecular flexibility index (Phi) is 18.6. The number of morpholine rings is 2. The van der Waals surface area contributed by atoms with Gasteiger partial charge in [0.25, 0.3) is 0 Å². The minimum Gasteiger partial charge on any atom is -0.423 e. The van der Waals surface area contributed by atoms with E-state index in [0.717, 1.165) is 79.1 Å². The molecule has 0 aliphatic carbocycles. The Morgan fingerprint density at radius 2 is 1.17 bits per heavy atom. The van der Waals surface area contributed by atoms with Gasteiger partial charge in [-0.1, -0.05) is 61.9 Å². The van der Waals surface area contributed by atoms with Gasteiger partial charge >= 0.3 is 7.12 Å². The van der Waals surface area contributed by atoms with Gasteiger partial charge in [-0.3, -0.25) is 19.6 Å². The van der Waals surface area contributed by atoms with Crippen molar-refractivity contribution in [3.63, 3.8) is 0 Å². The maximum atomic E-state index is 13.1. The van der Waals surface area contributed by atoms with Crippen LogP contribution in [0.4, 0.5) is 23.0 Å². The van der Waals surface area contributed by atoms with Crippen LogP contribution in [-0.2, 0) is 35.2 Å². The van der Waals surface area contributed by atoms with Crippen molar-refractivity contribution in [2.75, 3.05) is 80.4 Å². The molecule has 0 radical (unpaired) electrons. The van der Waals surface area contributed by atoms with Crippen LogP contribution in [0.5, 0.6) is 0 Å². The minimum atomic E-state index is -1.35. The zero-order valence-corrected chi connectivity index (χ0v) is 38.5. The molecule has 0 spiro atoms. The highest BCUT2D eigenvalue weighted by atomic mass is 79.9. The number of hydrogen-bond acceptors (Lipinski definition) is 17. The average molecular weight is 961 g/mol. The number of nitrogens with two attached hydrogens (primary N) is 3. The van der Waals surface area contributed by atoms with E-state index in [1.807, 2.05) is 48.5 Å². The topological polar surface area (TPSA) is 255 Å². The van der Waals surface area contributed by atoms with E-state index < -0.39 is 7.12 Å². The van der Waals surface area contributed by atoms with E-state index in [4.69, 9.17) is 36.7 Å². The van der Waals surface area contributed by atoms with Crippen LogP contribution < -0.4 is 32.5 Å². The molecule has 0 unspecified atom stereocenters. The highest BCUT2D eigenvalue weighted by Crippen LogP contribution is 2.26. The molecular weight excluding hydrogens is 905 g/mol. The Morgan fingerprint density at radius 1 is 0.682 bits per heavy atom. The number of halogens is 1. The number of hydrogen-bond donors (Lipinski definition) is 5. The fraction of sp³-hybridized carbons (Fsp3) is 0.319. The number of pyridine rings is 2. The zero-order valence-electron chi connectivity index (χ0n) is 36.9. The van der Waals surface area contributed by atoms with Crippen LogP contribution in [0.3, 0.4) is 0 Å². The molecule has 2 saturated heterocycles. The van der Waals surface area contributed by atoms with Crippen LogP contribution >= 0.6 is 15.9 Å². The lowest BCUT2D eigenvalue weighted by Crippen LogP contribution is -2.37. The number of carbonyl (C=O) groups is 2. The van der Waals surface area contributed by atoms with Crippen molar-refractivity contribution in [3.05, 3.63) is 136 Å². The Morgan fingerprint density at radius 3 is 1.67 bits per heavy atom. The van der Waals surface area contributed by atoms with Crippen LogP contribution in [0.2, 0.25) is 0 Å². The van der Waals surface area contributed by atoms with Gasteiger partial charge in [-0.05, 0) is 64.0 Å². The molecule has 0 amide bonds. The number of carbonyl (C=O) groups excluding carboxylic acids is 2. The van der Waals surface area contributed by atoms with E-state index in [2.05, 4.69) is 62.6 Å². The third-order valence-corrected chi connectivity index (χ3v) is 11.1. The predicted octanol–water partition coefficient (Wildman–Crippen LogP) is 3.68. The fourth-order valence-electron chi connectivity index (χ4n) is 7.33. The van der Waals surface area contributed by atoms with Crippen molar-refractivity contribution in [2.24, 2.45) is 5.73 Å². The summed E-state index contributed by atoms with van der Waals surface area (Å²) in [6.45, 7) is 8.56.